The number of anilines is 1. The van der Waals surface area contributed by atoms with Crippen molar-refractivity contribution in [3.63, 3.8) is 0 Å². The molecule has 2 rings (SSSR count). The fraction of sp³-hybridized carbons (Fsp3) is 0.417. The monoisotopic (exact) mass is 254 g/mol. The van der Waals surface area contributed by atoms with E-state index in [0.717, 1.165) is 31.7 Å². The maximum atomic E-state index is 11.1. The van der Waals surface area contributed by atoms with Gasteiger partial charge in [-0.05, 0) is 31.0 Å². The lowest BCUT2D eigenvalue weighted by Crippen LogP contribution is -2.28. The van der Waals surface area contributed by atoms with E-state index in [-0.39, 0.29) is 0 Å². The molecule has 0 aliphatic carbocycles. The first kappa shape index (κ1) is 12.2. The number of nitrogens with one attached hydrogen (secondary N) is 1. The number of benzene rings is 1. The standard InChI is InChI=1S/C12H15ClN2O2/c13-10-2-1-8(12(14)16)7-11(10)15-9-3-5-17-6-4-9/h1-2,7,9,15H,3-6H2,(H2,14,16). The highest BCUT2D eigenvalue weighted by Crippen LogP contribution is 2.25. The minimum atomic E-state index is -0.448. The Balaban J connectivity index is 2.13. The van der Waals surface area contributed by atoms with Gasteiger partial charge < -0.3 is 15.8 Å². The van der Waals surface area contributed by atoms with Crippen molar-refractivity contribution in [1.29, 1.82) is 0 Å². The van der Waals surface area contributed by atoms with Crippen LogP contribution in [0, 0.1) is 0 Å². The maximum Gasteiger partial charge on any atom is 0.248 e. The van der Waals surface area contributed by atoms with Crippen LogP contribution in [0.2, 0.25) is 5.02 Å². The lowest BCUT2D eigenvalue weighted by molar-refractivity contribution is 0.0904. The van der Waals surface area contributed by atoms with Gasteiger partial charge in [0, 0.05) is 24.8 Å². The van der Waals surface area contributed by atoms with Crippen LogP contribution in [0.5, 0.6) is 0 Å². The number of carbonyl (C=O) groups is 1. The first-order valence-electron chi connectivity index (χ1n) is 5.60. The fourth-order valence-electron chi connectivity index (χ4n) is 1.85. The molecule has 92 valence electrons. The molecule has 1 heterocycles. The lowest BCUT2D eigenvalue weighted by Gasteiger charge is -2.24. The Morgan fingerprint density at radius 2 is 2.12 bits per heavy atom. The molecule has 17 heavy (non-hydrogen) atoms. The van der Waals surface area contributed by atoms with Crippen molar-refractivity contribution in [2.45, 2.75) is 18.9 Å². The zero-order chi connectivity index (χ0) is 12.3. The Bertz CT molecular complexity index is 417. The van der Waals surface area contributed by atoms with Gasteiger partial charge in [0.2, 0.25) is 5.91 Å². The Morgan fingerprint density at radius 1 is 1.41 bits per heavy atom. The summed E-state index contributed by atoms with van der Waals surface area (Å²) in [4.78, 5) is 11.1. The predicted octanol–water partition coefficient (Wildman–Crippen LogP) is 2.03. The van der Waals surface area contributed by atoms with E-state index < -0.39 is 5.91 Å². The Kier molecular flexibility index (Phi) is 3.86. The van der Waals surface area contributed by atoms with Gasteiger partial charge in [-0.1, -0.05) is 11.6 Å². The number of primary amides is 1. The molecule has 1 aliphatic heterocycles. The molecule has 4 nitrogen and oxygen atoms in total. The van der Waals surface area contributed by atoms with E-state index >= 15 is 0 Å². The van der Waals surface area contributed by atoms with Gasteiger partial charge in [-0.3, -0.25) is 4.79 Å². The number of ether oxygens (including phenoxy) is 1. The summed E-state index contributed by atoms with van der Waals surface area (Å²) in [7, 11) is 0. The average molecular weight is 255 g/mol. The first-order valence-corrected chi connectivity index (χ1v) is 5.98. The second-order valence-electron chi connectivity index (χ2n) is 4.09. The average Bonchev–Trinajstić information content (AvgIpc) is 2.33. The summed E-state index contributed by atoms with van der Waals surface area (Å²) in [5.41, 5.74) is 6.46. The highest BCUT2D eigenvalue weighted by atomic mass is 35.5. The fourth-order valence-corrected chi connectivity index (χ4v) is 2.02. The molecule has 0 radical (unpaired) electrons. The minimum Gasteiger partial charge on any atom is -0.381 e. The van der Waals surface area contributed by atoms with Gasteiger partial charge in [-0.25, -0.2) is 0 Å². The summed E-state index contributed by atoms with van der Waals surface area (Å²) in [6, 6.07) is 5.34. The molecule has 0 unspecified atom stereocenters. The van der Waals surface area contributed by atoms with Gasteiger partial charge in [-0.15, -0.1) is 0 Å². The molecule has 0 spiro atoms. The number of halogens is 1. The zero-order valence-electron chi connectivity index (χ0n) is 9.41. The number of amides is 1. The van der Waals surface area contributed by atoms with E-state index in [2.05, 4.69) is 5.32 Å². The molecule has 1 saturated heterocycles. The number of rotatable bonds is 3. The normalized spacial score (nSPS) is 16.8. The summed E-state index contributed by atoms with van der Waals surface area (Å²) >= 11 is 6.07. The molecule has 3 N–H and O–H groups in total. The van der Waals surface area contributed by atoms with Crippen LogP contribution in [-0.4, -0.2) is 25.2 Å². The molecule has 0 aromatic heterocycles. The molecule has 1 aromatic carbocycles. The van der Waals surface area contributed by atoms with Crippen molar-refractivity contribution < 1.29 is 9.53 Å². The highest BCUT2D eigenvalue weighted by Gasteiger charge is 2.15. The van der Waals surface area contributed by atoms with Crippen LogP contribution in [0.3, 0.4) is 0 Å². The Hall–Kier alpha value is -1.26. The van der Waals surface area contributed by atoms with Crippen molar-refractivity contribution in [3.05, 3.63) is 28.8 Å². The Labute approximate surface area is 105 Å². The SMILES string of the molecule is NC(=O)c1ccc(Cl)c(NC2CCOCC2)c1. The topological polar surface area (TPSA) is 64.4 Å². The largest absolute Gasteiger partial charge is 0.381 e. The summed E-state index contributed by atoms with van der Waals surface area (Å²) in [6.45, 7) is 1.51. The minimum absolute atomic E-state index is 0.337. The number of hydrogen-bond donors (Lipinski definition) is 2. The van der Waals surface area contributed by atoms with Crippen molar-refractivity contribution in [1.82, 2.24) is 0 Å². The molecule has 1 fully saturated rings. The van der Waals surface area contributed by atoms with Gasteiger partial charge in [0.05, 0.1) is 10.7 Å². The van der Waals surface area contributed by atoms with E-state index in [0.29, 0.717) is 16.6 Å². The molecule has 0 bridgehead atoms. The second kappa shape index (κ2) is 5.38. The van der Waals surface area contributed by atoms with Crippen molar-refractivity contribution in [2.24, 2.45) is 5.73 Å². The smallest absolute Gasteiger partial charge is 0.248 e. The summed E-state index contributed by atoms with van der Waals surface area (Å²) < 4.78 is 5.28. The quantitative estimate of drug-likeness (QED) is 0.868. The van der Waals surface area contributed by atoms with E-state index in [4.69, 9.17) is 22.1 Å². The molecule has 1 aromatic rings. The summed E-state index contributed by atoms with van der Waals surface area (Å²) in [5, 5.41) is 3.92. The van der Waals surface area contributed by atoms with Crippen molar-refractivity contribution >= 4 is 23.2 Å². The number of hydrogen-bond acceptors (Lipinski definition) is 3. The van der Waals surface area contributed by atoms with Gasteiger partial charge in [0.15, 0.2) is 0 Å². The van der Waals surface area contributed by atoms with Crippen LogP contribution in [0.1, 0.15) is 23.2 Å². The molecule has 5 heteroatoms. The van der Waals surface area contributed by atoms with Crippen molar-refractivity contribution in [3.8, 4) is 0 Å². The van der Waals surface area contributed by atoms with Gasteiger partial charge in [0.25, 0.3) is 0 Å². The van der Waals surface area contributed by atoms with Crippen LogP contribution < -0.4 is 11.1 Å². The van der Waals surface area contributed by atoms with E-state index in [1.54, 1.807) is 18.2 Å². The summed E-state index contributed by atoms with van der Waals surface area (Å²) in [6.07, 6.45) is 1.88. The van der Waals surface area contributed by atoms with Crippen LogP contribution in [0.25, 0.3) is 0 Å². The van der Waals surface area contributed by atoms with E-state index in [1.165, 1.54) is 0 Å². The number of nitrogens with two attached hydrogens (primary N) is 1. The number of carbonyl (C=O) groups excluding carboxylic acids is 1. The first-order chi connectivity index (χ1) is 8.16. The molecule has 0 saturated carbocycles. The van der Waals surface area contributed by atoms with Gasteiger partial charge in [0.1, 0.15) is 0 Å². The third-order valence-corrected chi connectivity index (χ3v) is 3.16. The van der Waals surface area contributed by atoms with Crippen LogP contribution in [0.15, 0.2) is 18.2 Å². The Morgan fingerprint density at radius 3 is 2.76 bits per heavy atom. The molecule has 1 aliphatic rings. The third kappa shape index (κ3) is 3.11. The van der Waals surface area contributed by atoms with Gasteiger partial charge >= 0.3 is 0 Å². The molecule has 0 atom stereocenters. The lowest BCUT2D eigenvalue weighted by atomic mass is 10.1. The van der Waals surface area contributed by atoms with Gasteiger partial charge in [-0.2, -0.15) is 0 Å². The van der Waals surface area contributed by atoms with Crippen LogP contribution in [-0.2, 0) is 4.74 Å². The van der Waals surface area contributed by atoms with E-state index in [9.17, 15) is 4.79 Å². The highest BCUT2D eigenvalue weighted by molar-refractivity contribution is 6.33. The summed E-state index contributed by atoms with van der Waals surface area (Å²) in [5.74, 6) is -0.448. The van der Waals surface area contributed by atoms with Crippen molar-refractivity contribution in [2.75, 3.05) is 18.5 Å². The molecule has 1 amide bonds. The third-order valence-electron chi connectivity index (χ3n) is 2.83. The maximum absolute atomic E-state index is 11.1. The molecular weight excluding hydrogens is 240 g/mol. The second-order valence-corrected chi connectivity index (χ2v) is 4.50. The zero-order valence-corrected chi connectivity index (χ0v) is 10.2. The predicted molar refractivity (Wildman–Crippen MR) is 67.4 cm³/mol. The van der Waals surface area contributed by atoms with Crippen LogP contribution in [0.4, 0.5) is 5.69 Å². The molecular formula is C12H15ClN2O2. The van der Waals surface area contributed by atoms with E-state index in [1.807, 2.05) is 0 Å². The van der Waals surface area contributed by atoms with Crippen LogP contribution >= 0.6 is 11.6 Å².